The predicted molar refractivity (Wildman–Crippen MR) is 48.2 cm³/mol. The maximum atomic E-state index is 10.9. The molecule has 1 aliphatic rings. The molecule has 0 aromatic carbocycles. The molecule has 1 aliphatic carbocycles. The average molecular weight is 193 g/mol. The second-order valence-corrected chi connectivity index (χ2v) is 3.22. The Balaban J connectivity index is 1.89. The Hall–Kier alpha value is -1.65. The molecule has 0 radical (unpaired) electrons. The summed E-state index contributed by atoms with van der Waals surface area (Å²) < 4.78 is 4.81. The molecule has 1 heterocycles. The molecule has 5 nitrogen and oxygen atoms in total. The van der Waals surface area contributed by atoms with Gasteiger partial charge in [-0.2, -0.15) is 4.98 Å². The Kier molecular flexibility index (Phi) is 2.30. The lowest BCUT2D eigenvalue weighted by atomic mass is 10.3. The van der Waals surface area contributed by atoms with Gasteiger partial charge in [0.15, 0.2) is 11.6 Å². The smallest absolute Gasteiger partial charge is 0.223 e. The molecule has 2 rings (SSSR count). The molecule has 0 spiro atoms. The molecule has 0 aliphatic heterocycles. The SMILES string of the molecule is Cc1nc(CNC2=CC(=O)CC2)no1. The quantitative estimate of drug-likeness (QED) is 0.765. The van der Waals surface area contributed by atoms with Crippen LogP contribution in [0.1, 0.15) is 24.6 Å². The van der Waals surface area contributed by atoms with E-state index in [2.05, 4.69) is 15.5 Å². The van der Waals surface area contributed by atoms with Gasteiger partial charge < -0.3 is 9.84 Å². The van der Waals surface area contributed by atoms with Gasteiger partial charge in [-0.3, -0.25) is 4.79 Å². The fourth-order valence-corrected chi connectivity index (χ4v) is 1.34. The van der Waals surface area contributed by atoms with Crippen molar-refractivity contribution in [3.8, 4) is 0 Å². The van der Waals surface area contributed by atoms with Gasteiger partial charge in [-0.25, -0.2) is 0 Å². The molecule has 5 heteroatoms. The molecule has 14 heavy (non-hydrogen) atoms. The van der Waals surface area contributed by atoms with E-state index in [1.165, 1.54) is 0 Å². The molecular formula is C9H11N3O2. The van der Waals surface area contributed by atoms with Gasteiger partial charge in [-0.05, 0) is 6.42 Å². The maximum absolute atomic E-state index is 10.9. The Morgan fingerprint density at radius 2 is 2.43 bits per heavy atom. The summed E-state index contributed by atoms with van der Waals surface area (Å²) in [6.45, 7) is 2.26. The lowest BCUT2D eigenvalue weighted by Gasteiger charge is -2.01. The zero-order valence-corrected chi connectivity index (χ0v) is 7.91. The van der Waals surface area contributed by atoms with Crippen LogP contribution < -0.4 is 5.32 Å². The van der Waals surface area contributed by atoms with E-state index in [9.17, 15) is 4.79 Å². The normalized spacial score (nSPS) is 15.8. The highest BCUT2D eigenvalue weighted by atomic mass is 16.5. The first-order valence-corrected chi connectivity index (χ1v) is 4.50. The molecule has 1 aromatic rings. The number of hydrogen-bond donors (Lipinski definition) is 1. The fourth-order valence-electron chi connectivity index (χ4n) is 1.34. The fraction of sp³-hybridized carbons (Fsp3) is 0.444. The number of allylic oxidation sites excluding steroid dienone is 2. The van der Waals surface area contributed by atoms with Crippen LogP contribution in [0.3, 0.4) is 0 Å². The van der Waals surface area contributed by atoms with Gasteiger partial charge >= 0.3 is 0 Å². The van der Waals surface area contributed by atoms with Crippen molar-refractivity contribution in [2.45, 2.75) is 26.3 Å². The molecule has 1 aromatic heterocycles. The number of aryl methyl sites for hydroxylation is 1. The zero-order valence-electron chi connectivity index (χ0n) is 7.91. The molecular weight excluding hydrogens is 182 g/mol. The Morgan fingerprint density at radius 1 is 1.57 bits per heavy atom. The van der Waals surface area contributed by atoms with E-state index in [1.807, 2.05) is 0 Å². The van der Waals surface area contributed by atoms with Gasteiger partial charge in [-0.1, -0.05) is 5.16 Å². The average Bonchev–Trinajstić information content (AvgIpc) is 2.72. The number of carbonyl (C=O) groups is 1. The van der Waals surface area contributed by atoms with Crippen LogP contribution in [0, 0.1) is 6.92 Å². The van der Waals surface area contributed by atoms with Crippen LogP contribution in [0.4, 0.5) is 0 Å². The largest absolute Gasteiger partial charge is 0.381 e. The molecule has 0 amide bonds. The van der Waals surface area contributed by atoms with Gasteiger partial charge in [-0.15, -0.1) is 0 Å². The van der Waals surface area contributed by atoms with E-state index in [0.29, 0.717) is 24.7 Å². The summed E-state index contributed by atoms with van der Waals surface area (Å²) in [6.07, 6.45) is 3.02. The highest BCUT2D eigenvalue weighted by molar-refractivity contribution is 5.92. The first-order chi connectivity index (χ1) is 6.74. The van der Waals surface area contributed by atoms with Gasteiger partial charge in [0.1, 0.15) is 0 Å². The van der Waals surface area contributed by atoms with E-state index in [1.54, 1.807) is 13.0 Å². The van der Waals surface area contributed by atoms with Crippen molar-refractivity contribution in [3.63, 3.8) is 0 Å². The molecule has 0 saturated carbocycles. The number of ketones is 1. The van der Waals surface area contributed by atoms with Crippen LogP contribution in [0.25, 0.3) is 0 Å². The van der Waals surface area contributed by atoms with Crippen LogP contribution in [0.15, 0.2) is 16.3 Å². The third-order valence-corrected chi connectivity index (χ3v) is 2.02. The van der Waals surface area contributed by atoms with Crippen LogP contribution >= 0.6 is 0 Å². The number of hydrogen-bond acceptors (Lipinski definition) is 5. The summed E-state index contributed by atoms with van der Waals surface area (Å²) in [5, 5.41) is 6.83. The number of nitrogens with one attached hydrogen (secondary N) is 1. The summed E-state index contributed by atoms with van der Waals surface area (Å²) in [5.41, 5.74) is 0.956. The topological polar surface area (TPSA) is 68.0 Å². The summed E-state index contributed by atoms with van der Waals surface area (Å²) in [5.74, 6) is 1.35. The van der Waals surface area contributed by atoms with E-state index < -0.39 is 0 Å². The van der Waals surface area contributed by atoms with Crippen molar-refractivity contribution in [3.05, 3.63) is 23.5 Å². The molecule has 0 atom stereocenters. The number of rotatable bonds is 3. The van der Waals surface area contributed by atoms with Gasteiger partial charge in [0.2, 0.25) is 5.89 Å². The summed E-state index contributed by atoms with van der Waals surface area (Å²) in [7, 11) is 0. The Morgan fingerprint density at radius 3 is 3.00 bits per heavy atom. The van der Waals surface area contributed by atoms with Crippen LogP contribution in [0.5, 0.6) is 0 Å². The molecule has 74 valence electrons. The first kappa shape index (κ1) is 8.93. The van der Waals surface area contributed by atoms with E-state index >= 15 is 0 Å². The van der Waals surface area contributed by atoms with Crippen molar-refractivity contribution in [1.29, 1.82) is 0 Å². The van der Waals surface area contributed by atoms with Crippen LogP contribution in [0.2, 0.25) is 0 Å². The Labute approximate surface area is 81.2 Å². The van der Waals surface area contributed by atoms with Crippen LogP contribution in [-0.4, -0.2) is 15.9 Å². The highest BCUT2D eigenvalue weighted by Crippen LogP contribution is 2.11. The van der Waals surface area contributed by atoms with E-state index in [4.69, 9.17) is 4.52 Å². The maximum Gasteiger partial charge on any atom is 0.223 e. The summed E-state index contributed by atoms with van der Waals surface area (Å²) in [6, 6.07) is 0. The minimum atomic E-state index is 0.178. The third kappa shape index (κ3) is 1.99. The second-order valence-electron chi connectivity index (χ2n) is 3.22. The zero-order chi connectivity index (χ0) is 9.97. The van der Waals surface area contributed by atoms with E-state index in [-0.39, 0.29) is 5.78 Å². The molecule has 0 fully saturated rings. The minimum Gasteiger partial charge on any atom is -0.381 e. The Bertz CT molecular complexity index is 381. The van der Waals surface area contributed by atoms with Crippen molar-refractivity contribution in [2.75, 3.05) is 0 Å². The molecule has 0 unspecified atom stereocenters. The molecule has 0 bridgehead atoms. The van der Waals surface area contributed by atoms with Gasteiger partial charge in [0.05, 0.1) is 6.54 Å². The van der Waals surface area contributed by atoms with Crippen molar-refractivity contribution in [2.24, 2.45) is 0 Å². The number of nitrogens with zero attached hydrogens (tertiary/aromatic N) is 2. The van der Waals surface area contributed by atoms with Gasteiger partial charge in [0.25, 0.3) is 0 Å². The standard InChI is InChI=1S/C9H11N3O2/c1-6-11-9(12-14-6)5-10-7-2-3-8(13)4-7/h4,10H,2-3,5H2,1H3. The van der Waals surface area contributed by atoms with Crippen molar-refractivity contribution < 1.29 is 9.32 Å². The lowest BCUT2D eigenvalue weighted by molar-refractivity contribution is -0.114. The highest BCUT2D eigenvalue weighted by Gasteiger charge is 2.11. The van der Waals surface area contributed by atoms with Crippen molar-refractivity contribution in [1.82, 2.24) is 15.5 Å². The predicted octanol–water partition coefficient (Wildman–Crippen LogP) is 0.714. The lowest BCUT2D eigenvalue weighted by Crippen LogP contribution is -2.12. The summed E-state index contributed by atoms with van der Waals surface area (Å²) >= 11 is 0. The van der Waals surface area contributed by atoms with Gasteiger partial charge in [0, 0.05) is 25.1 Å². The summed E-state index contributed by atoms with van der Waals surface area (Å²) in [4.78, 5) is 14.9. The van der Waals surface area contributed by atoms with Crippen LogP contribution in [-0.2, 0) is 11.3 Å². The minimum absolute atomic E-state index is 0.178. The molecule has 0 saturated heterocycles. The molecule has 1 N–H and O–H groups in total. The van der Waals surface area contributed by atoms with E-state index in [0.717, 1.165) is 12.1 Å². The second kappa shape index (κ2) is 3.61. The monoisotopic (exact) mass is 193 g/mol. The first-order valence-electron chi connectivity index (χ1n) is 4.50. The number of aromatic nitrogens is 2. The van der Waals surface area contributed by atoms with Crippen molar-refractivity contribution >= 4 is 5.78 Å². The number of carbonyl (C=O) groups excluding carboxylic acids is 1. The third-order valence-electron chi connectivity index (χ3n) is 2.02.